The van der Waals surface area contributed by atoms with Gasteiger partial charge in [-0.05, 0) is 0 Å². The van der Waals surface area contributed by atoms with Gasteiger partial charge in [0, 0.05) is 0 Å². The summed E-state index contributed by atoms with van der Waals surface area (Å²) in [6.07, 6.45) is 9.57. The Kier molecular flexibility index (Phi) is 11.4. The molecule has 0 radical (unpaired) electrons. The van der Waals surface area contributed by atoms with Crippen molar-refractivity contribution >= 4 is 40.3 Å². The Bertz CT molecular complexity index is 2310. The topological polar surface area (TPSA) is 9.23 Å². The first-order valence-electron chi connectivity index (χ1n) is 17.8. The minimum Gasteiger partial charge on any atom is -0.147 e. The SMILES string of the molecule is Cc1cc([O][Ti](=[C](c2ccccc2)c2ccccc2)[C]2(c3ccccc3)C=CC=C3C2=Cc2c3cccc2-c2ccccc2)cc(C(C)(C)C)c1.Cl.Cl. The van der Waals surface area contributed by atoms with Crippen LogP contribution in [0.25, 0.3) is 22.8 Å². The Balaban J connectivity index is 0.00000240. The molecule has 0 heterocycles. The molecule has 264 valence electrons. The van der Waals surface area contributed by atoms with E-state index in [2.05, 4.69) is 210 Å². The second-order valence-electron chi connectivity index (χ2n) is 14.6. The van der Waals surface area contributed by atoms with Gasteiger partial charge in [0.25, 0.3) is 0 Å². The van der Waals surface area contributed by atoms with E-state index in [-0.39, 0.29) is 30.2 Å². The van der Waals surface area contributed by atoms with Crippen LogP contribution in [-0.4, -0.2) is 3.81 Å². The Labute approximate surface area is 333 Å². The maximum Gasteiger partial charge on any atom is -0.147 e. The van der Waals surface area contributed by atoms with E-state index in [9.17, 15) is 0 Å². The van der Waals surface area contributed by atoms with Crippen LogP contribution in [0.1, 0.15) is 59.7 Å². The average Bonchev–Trinajstić information content (AvgIpc) is 3.55. The number of benzene rings is 6. The van der Waals surface area contributed by atoms with Gasteiger partial charge in [-0.1, -0.05) is 0 Å². The molecule has 0 aliphatic heterocycles. The first kappa shape index (κ1) is 38.2. The first-order chi connectivity index (χ1) is 24.8. The molecule has 8 rings (SSSR count). The summed E-state index contributed by atoms with van der Waals surface area (Å²) in [7, 11) is 0. The van der Waals surface area contributed by atoms with Crippen LogP contribution in [0.5, 0.6) is 5.75 Å². The summed E-state index contributed by atoms with van der Waals surface area (Å²) in [6, 6.07) is 57.4. The standard InChI is InChI=1S/C25H17.C13H10.C11H16O.2ClH.Ti/c1-3-9-18(10-4-1)20-13-7-15-22-23-16-8-14-21(25(23)17-24(20)22)19-11-5-2-6-12-19;1-3-7-12(8-4-1)11-13-9-5-2-6-10-13;1-8-5-9(11(2,3)4)7-10(12)6-8;;;/h1-17H;1-10H;5-7,12H,1-4H3;2*1H;/q;;;;;+1/p-1. The molecule has 0 saturated heterocycles. The van der Waals surface area contributed by atoms with Gasteiger partial charge in [-0.25, -0.2) is 0 Å². The Morgan fingerprint density at radius 3 is 1.79 bits per heavy atom. The molecule has 0 fully saturated rings. The monoisotopic (exact) mass is 766 g/mol. The van der Waals surface area contributed by atoms with Gasteiger partial charge in [-0.2, -0.15) is 0 Å². The Morgan fingerprint density at radius 2 is 1.19 bits per heavy atom. The van der Waals surface area contributed by atoms with Crippen molar-refractivity contribution in [1.82, 2.24) is 0 Å². The predicted octanol–water partition coefficient (Wildman–Crippen LogP) is 12.9. The van der Waals surface area contributed by atoms with E-state index in [1.165, 1.54) is 65.0 Å². The zero-order valence-electron chi connectivity index (χ0n) is 30.5. The molecular formula is C49H44Cl2OTi. The number of fused-ring (bicyclic) bond motifs is 3. The minimum atomic E-state index is -3.08. The van der Waals surface area contributed by atoms with E-state index < -0.39 is 21.5 Å². The summed E-state index contributed by atoms with van der Waals surface area (Å²) in [5, 5.41) is 0. The third-order valence-electron chi connectivity index (χ3n) is 10.2. The fraction of sp³-hybridized carbons (Fsp3) is 0.122. The third-order valence-corrected chi connectivity index (χ3v) is 14.7. The summed E-state index contributed by atoms with van der Waals surface area (Å²) < 4.78 is 8.62. The summed E-state index contributed by atoms with van der Waals surface area (Å²) in [4.78, 5) is 0. The molecule has 0 amide bonds. The van der Waals surface area contributed by atoms with Crippen LogP contribution in [-0.2, 0) is 26.9 Å². The molecular weight excluding hydrogens is 723 g/mol. The molecule has 6 aromatic carbocycles. The maximum atomic E-state index is 7.83. The number of rotatable bonds is 7. The molecule has 0 saturated carbocycles. The molecule has 0 aromatic heterocycles. The molecule has 6 aromatic rings. The van der Waals surface area contributed by atoms with Crippen molar-refractivity contribution in [3.05, 3.63) is 220 Å². The molecule has 1 atom stereocenters. The fourth-order valence-electron chi connectivity index (χ4n) is 7.68. The van der Waals surface area contributed by atoms with Crippen molar-refractivity contribution in [2.45, 2.75) is 36.8 Å². The van der Waals surface area contributed by atoms with Crippen molar-refractivity contribution in [3.63, 3.8) is 0 Å². The van der Waals surface area contributed by atoms with E-state index in [0.29, 0.717) is 0 Å². The van der Waals surface area contributed by atoms with E-state index in [1.807, 2.05) is 0 Å². The van der Waals surface area contributed by atoms with Crippen molar-refractivity contribution in [3.8, 4) is 16.9 Å². The summed E-state index contributed by atoms with van der Waals surface area (Å²) in [5.41, 5.74) is 13.8. The van der Waals surface area contributed by atoms with Crippen molar-refractivity contribution in [2.75, 3.05) is 0 Å². The van der Waals surface area contributed by atoms with Gasteiger partial charge < -0.3 is 0 Å². The molecule has 0 spiro atoms. The summed E-state index contributed by atoms with van der Waals surface area (Å²) >= 11 is -3.08. The van der Waals surface area contributed by atoms with Crippen LogP contribution in [0.2, 0.25) is 0 Å². The Morgan fingerprint density at radius 1 is 0.623 bits per heavy atom. The molecule has 1 nitrogen and oxygen atoms in total. The number of hydrogen-bond acceptors (Lipinski definition) is 1. The second-order valence-corrected chi connectivity index (χ2v) is 18.0. The van der Waals surface area contributed by atoms with Gasteiger partial charge in [-0.3, -0.25) is 0 Å². The van der Waals surface area contributed by atoms with E-state index in [0.717, 1.165) is 5.75 Å². The Hall–Kier alpha value is -4.50. The molecule has 2 aliphatic carbocycles. The number of halogens is 2. The number of allylic oxidation sites excluding steroid dienone is 5. The minimum absolute atomic E-state index is 0. The zero-order chi connectivity index (χ0) is 35.0. The smallest absolute Gasteiger partial charge is 0.147 e. The van der Waals surface area contributed by atoms with Crippen LogP contribution in [0.3, 0.4) is 0 Å². The summed E-state index contributed by atoms with van der Waals surface area (Å²) in [5.74, 6) is 0.945. The molecule has 1 unspecified atom stereocenters. The van der Waals surface area contributed by atoms with Crippen molar-refractivity contribution in [1.29, 1.82) is 0 Å². The number of hydrogen-bond donors (Lipinski definition) is 0. The van der Waals surface area contributed by atoms with Crippen molar-refractivity contribution in [2.24, 2.45) is 0 Å². The van der Waals surface area contributed by atoms with Crippen LogP contribution in [0.4, 0.5) is 0 Å². The molecule has 2 aliphatic rings. The van der Waals surface area contributed by atoms with Gasteiger partial charge in [-0.15, -0.1) is 24.8 Å². The summed E-state index contributed by atoms with van der Waals surface area (Å²) in [6.45, 7) is 9.04. The zero-order valence-corrected chi connectivity index (χ0v) is 33.7. The normalized spacial score (nSPS) is 15.5. The van der Waals surface area contributed by atoms with Crippen LogP contribution in [0.15, 0.2) is 182 Å². The van der Waals surface area contributed by atoms with Gasteiger partial charge in [0.1, 0.15) is 0 Å². The second kappa shape index (κ2) is 15.9. The third kappa shape index (κ3) is 7.25. The molecule has 0 N–H and O–H groups in total. The van der Waals surface area contributed by atoms with Gasteiger partial charge >= 0.3 is 311 Å². The van der Waals surface area contributed by atoms with Crippen molar-refractivity contribution < 1.29 is 21.1 Å². The van der Waals surface area contributed by atoms with E-state index in [1.54, 1.807) is 0 Å². The maximum absolute atomic E-state index is 7.83. The molecule has 4 heteroatoms. The number of aryl methyl sites for hydroxylation is 1. The van der Waals surface area contributed by atoms with Crippen LogP contribution >= 0.6 is 24.8 Å². The first-order valence-corrected chi connectivity index (χ1v) is 20.0. The molecule has 53 heavy (non-hydrogen) atoms. The van der Waals surface area contributed by atoms with E-state index in [4.69, 9.17) is 3.32 Å². The van der Waals surface area contributed by atoms with E-state index >= 15 is 0 Å². The fourth-order valence-corrected chi connectivity index (χ4v) is 12.4. The van der Waals surface area contributed by atoms with Gasteiger partial charge in [0.15, 0.2) is 0 Å². The van der Waals surface area contributed by atoms with Gasteiger partial charge in [0.05, 0.1) is 0 Å². The van der Waals surface area contributed by atoms with Crippen LogP contribution < -0.4 is 3.32 Å². The average molecular weight is 768 g/mol. The molecule has 0 bridgehead atoms. The quantitative estimate of drug-likeness (QED) is 0.147. The van der Waals surface area contributed by atoms with Crippen LogP contribution in [0, 0.1) is 6.92 Å². The predicted molar refractivity (Wildman–Crippen MR) is 226 cm³/mol. The van der Waals surface area contributed by atoms with Gasteiger partial charge in [0.2, 0.25) is 0 Å². The largest absolute Gasteiger partial charge is 0.147 e.